The molecule has 4 nitrogen and oxygen atoms in total. The highest BCUT2D eigenvalue weighted by atomic mass is 16.5. The molecule has 1 saturated carbocycles. The van der Waals surface area contributed by atoms with E-state index in [1.54, 1.807) is 6.92 Å². The van der Waals surface area contributed by atoms with Crippen LogP contribution in [-0.4, -0.2) is 24.6 Å². The average Bonchev–Trinajstić information content (AvgIpc) is 2.51. The van der Waals surface area contributed by atoms with Crippen molar-refractivity contribution in [1.82, 2.24) is 0 Å². The second-order valence-corrected chi connectivity index (χ2v) is 3.92. The number of rotatable bonds is 4. The SMILES string of the molecule is CCOC(=O)C[C@@H]1CC[C@H](OC(C)=O)C1. The van der Waals surface area contributed by atoms with Crippen LogP contribution in [0.25, 0.3) is 0 Å². The Morgan fingerprint density at radius 1 is 1.33 bits per heavy atom. The van der Waals surface area contributed by atoms with Gasteiger partial charge in [0.25, 0.3) is 0 Å². The fraction of sp³-hybridized carbons (Fsp3) is 0.818. The Morgan fingerprint density at radius 2 is 2.07 bits per heavy atom. The number of carbonyl (C=O) groups is 2. The summed E-state index contributed by atoms with van der Waals surface area (Å²) in [5.41, 5.74) is 0. The fourth-order valence-electron chi connectivity index (χ4n) is 2.01. The number of carbonyl (C=O) groups excluding carboxylic acids is 2. The summed E-state index contributed by atoms with van der Waals surface area (Å²) in [5.74, 6) is -0.0730. The first-order valence-corrected chi connectivity index (χ1v) is 5.44. The van der Waals surface area contributed by atoms with Gasteiger partial charge < -0.3 is 9.47 Å². The van der Waals surface area contributed by atoms with Gasteiger partial charge in [-0.3, -0.25) is 9.59 Å². The molecule has 1 fully saturated rings. The first-order chi connectivity index (χ1) is 7.11. The zero-order valence-corrected chi connectivity index (χ0v) is 9.32. The predicted molar refractivity (Wildman–Crippen MR) is 54.1 cm³/mol. The molecule has 1 aliphatic rings. The molecule has 0 bridgehead atoms. The summed E-state index contributed by atoms with van der Waals surface area (Å²) in [6.07, 6.45) is 3.05. The molecule has 0 aliphatic heterocycles. The second-order valence-electron chi connectivity index (χ2n) is 3.92. The molecule has 4 heteroatoms. The van der Waals surface area contributed by atoms with Crippen molar-refractivity contribution in [3.63, 3.8) is 0 Å². The highest BCUT2D eigenvalue weighted by Crippen LogP contribution is 2.30. The van der Waals surface area contributed by atoms with Crippen LogP contribution < -0.4 is 0 Å². The summed E-state index contributed by atoms with van der Waals surface area (Å²) < 4.78 is 9.97. The van der Waals surface area contributed by atoms with Crippen molar-refractivity contribution in [2.75, 3.05) is 6.61 Å². The molecule has 1 aliphatic carbocycles. The van der Waals surface area contributed by atoms with Crippen molar-refractivity contribution < 1.29 is 19.1 Å². The molecule has 0 spiro atoms. The fourth-order valence-corrected chi connectivity index (χ4v) is 2.01. The second kappa shape index (κ2) is 5.73. The summed E-state index contributed by atoms with van der Waals surface area (Å²) in [6, 6.07) is 0. The van der Waals surface area contributed by atoms with Crippen LogP contribution in [0.1, 0.15) is 39.5 Å². The van der Waals surface area contributed by atoms with E-state index in [2.05, 4.69) is 0 Å². The Kier molecular flexibility index (Phi) is 4.59. The highest BCUT2D eigenvalue weighted by molar-refractivity contribution is 5.69. The van der Waals surface area contributed by atoms with Crippen molar-refractivity contribution in [3.05, 3.63) is 0 Å². The maximum atomic E-state index is 11.2. The van der Waals surface area contributed by atoms with Crippen molar-refractivity contribution in [3.8, 4) is 0 Å². The minimum Gasteiger partial charge on any atom is -0.466 e. The molecule has 0 unspecified atom stereocenters. The third kappa shape index (κ3) is 4.32. The molecule has 15 heavy (non-hydrogen) atoms. The molecule has 0 aromatic carbocycles. The van der Waals surface area contributed by atoms with Crippen molar-refractivity contribution in [1.29, 1.82) is 0 Å². The van der Waals surface area contributed by atoms with Gasteiger partial charge in [0, 0.05) is 13.3 Å². The molecular formula is C11H18O4. The van der Waals surface area contributed by atoms with Gasteiger partial charge in [0.2, 0.25) is 0 Å². The Morgan fingerprint density at radius 3 is 2.67 bits per heavy atom. The Bertz CT molecular complexity index is 237. The number of ether oxygens (including phenoxy) is 2. The number of hydrogen-bond acceptors (Lipinski definition) is 4. The molecule has 0 aromatic rings. The normalized spacial score (nSPS) is 24.9. The van der Waals surface area contributed by atoms with E-state index in [9.17, 15) is 9.59 Å². The van der Waals surface area contributed by atoms with E-state index >= 15 is 0 Å². The minimum absolute atomic E-state index is 0.00178. The lowest BCUT2D eigenvalue weighted by Crippen LogP contribution is -2.14. The molecular weight excluding hydrogens is 196 g/mol. The van der Waals surface area contributed by atoms with Crippen LogP contribution in [0.4, 0.5) is 0 Å². The maximum absolute atomic E-state index is 11.2. The van der Waals surface area contributed by atoms with E-state index in [-0.39, 0.29) is 18.0 Å². The van der Waals surface area contributed by atoms with Gasteiger partial charge in [0.15, 0.2) is 0 Å². The number of esters is 2. The Hall–Kier alpha value is -1.06. The predicted octanol–water partition coefficient (Wildman–Crippen LogP) is 1.67. The zero-order valence-electron chi connectivity index (χ0n) is 9.32. The van der Waals surface area contributed by atoms with Gasteiger partial charge in [0.1, 0.15) is 6.10 Å². The van der Waals surface area contributed by atoms with Crippen molar-refractivity contribution in [2.45, 2.75) is 45.6 Å². The molecule has 0 aromatic heterocycles. The smallest absolute Gasteiger partial charge is 0.306 e. The van der Waals surface area contributed by atoms with Crippen LogP contribution >= 0.6 is 0 Å². The van der Waals surface area contributed by atoms with Gasteiger partial charge in [-0.15, -0.1) is 0 Å². The van der Waals surface area contributed by atoms with Crippen molar-refractivity contribution >= 4 is 11.9 Å². The summed E-state index contributed by atoms with van der Waals surface area (Å²) >= 11 is 0. The minimum atomic E-state index is -0.239. The van der Waals surface area contributed by atoms with Gasteiger partial charge in [-0.2, -0.15) is 0 Å². The molecule has 0 heterocycles. The Labute approximate surface area is 89.9 Å². The molecule has 1 rings (SSSR count). The lowest BCUT2D eigenvalue weighted by molar-refractivity contribution is -0.146. The van der Waals surface area contributed by atoms with Gasteiger partial charge in [0.05, 0.1) is 6.61 Å². The quantitative estimate of drug-likeness (QED) is 0.668. The first-order valence-electron chi connectivity index (χ1n) is 5.44. The van der Waals surface area contributed by atoms with Crippen LogP contribution in [-0.2, 0) is 19.1 Å². The summed E-state index contributed by atoms with van der Waals surface area (Å²) in [6.45, 7) is 3.64. The molecule has 0 radical (unpaired) electrons. The summed E-state index contributed by atoms with van der Waals surface area (Å²) in [4.78, 5) is 21.9. The van der Waals surface area contributed by atoms with Crippen LogP contribution in [0.15, 0.2) is 0 Å². The molecule has 86 valence electrons. The summed E-state index contributed by atoms with van der Waals surface area (Å²) in [5, 5.41) is 0. The largest absolute Gasteiger partial charge is 0.466 e. The average molecular weight is 214 g/mol. The van der Waals surface area contributed by atoms with Crippen molar-refractivity contribution in [2.24, 2.45) is 5.92 Å². The van der Waals surface area contributed by atoms with Gasteiger partial charge in [-0.05, 0) is 32.1 Å². The monoisotopic (exact) mass is 214 g/mol. The lowest BCUT2D eigenvalue weighted by atomic mass is 10.0. The highest BCUT2D eigenvalue weighted by Gasteiger charge is 2.28. The molecule has 2 atom stereocenters. The van der Waals surface area contributed by atoms with E-state index in [0.717, 1.165) is 19.3 Å². The van der Waals surface area contributed by atoms with Crippen LogP contribution in [0.2, 0.25) is 0 Å². The summed E-state index contributed by atoms with van der Waals surface area (Å²) in [7, 11) is 0. The molecule has 0 amide bonds. The third-order valence-corrected chi connectivity index (χ3v) is 2.59. The standard InChI is InChI=1S/C11H18O4/c1-3-14-11(13)7-9-4-5-10(6-9)15-8(2)12/h9-10H,3-7H2,1-2H3/t9-,10+/m1/s1. The lowest BCUT2D eigenvalue weighted by Gasteiger charge is -2.10. The Balaban J connectivity index is 2.24. The third-order valence-electron chi connectivity index (χ3n) is 2.59. The van der Waals surface area contributed by atoms with Crippen LogP contribution in [0.3, 0.4) is 0 Å². The van der Waals surface area contributed by atoms with E-state index < -0.39 is 0 Å². The number of hydrogen-bond donors (Lipinski definition) is 0. The zero-order chi connectivity index (χ0) is 11.3. The van der Waals surface area contributed by atoms with Gasteiger partial charge in [-0.25, -0.2) is 0 Å². The van der Waals surface area contributed by atoms with Gasteiger partial charge >= 0.3 is 11.9 Å². The van der Waals surface area contributed by atoms with E-state index in [1.165, 1.54) is 6.92 Å². The van der Waals surface area contributed by atoms with E-state index in [0.29, 0.717) is 18.9 Å². The molecule has 0 saturated heterocycles. The van der Waals surface area contributed by atoms with E-state index in [4.69, 9.17) is 9.47 Å². The molecule has 0 N–H and O–H groups in total. The maximum Gasteiger partial charge on any atom is 0.306 e. The van der Waals surface area contributed by atoms with E-state index in [1.807, 2.05) is 0 Å². The van der Waals surface area contributed by atoms with Gasteiger partial charge in [-0.1, -0.05) is 0 Å². The first kappa shape index (κ1) is 12.0. The topological polar surface area (TPSA) is 52.6 Å². The van der Waals surface area contributed by atoms with Crippen LogP contribution in [0, 0.1) is 5.92 Å². The van der Waals surface area contributed by atoms with Crippen LogP contribution in [0.5, 0.6) is 0 Å².